The standard InChI is InChI=1S/C13H27N3/c1-3-12-10-14-7-9-16(12)13-6-5-8-15(4-2)11-13/h12-14H,3-11H2,1-2H3. The zero-order valence-electron chi connectivity index (χ0n) is 10.9. The molecular formula is C13H27N3. The molecule has 0 saturated carbocycles. The lowest BCUT2D eigenvalue weighted by molar-refractivity contribution is 0.0501. The summed E-state index contributed by atoms with van der Waals surface area (Å²) in [4.78, 5) is 5.39. The Labute approximate surface area is 100 Å². The summed E-state index contributed by atoms with van der Waals surface area (Å²) in [6.07, 6.45) is 4.08. The minimum atomic E-state index is 0.774. The van der Waals surface area contributed by atoms with Crippen LogP contribution in [0.1, 0.15) is 33.1 Å². The molecule has 94 valence electrons. The van der Waals surface area contributed by atoms with Crippen molar-refractivity contribution in [3.63, 3.8) is 0 Å². The Morgan fingerprint density at radius 3 is 2.88 bits per heavy atom. The first-order valence-electron chi connectivity index (χ1n) is 7.04. The average Bonchev–Trinajstić information content (AvgIpc) is 2.38. The lowest BCUT2D eigenvalue weighted by atomic mass is 10.00. The van der Waals surface area contributed by atoms with Crippen LogP contribution in [-0.4, -0.2) is 61.2 Å². The van der Waals surface area contributed by atoms with Crippen LogP contribution in [0.4, 0.5) is 0 Å². The van der Waals surface area contributed by atoms with Gasteiger partial charge in [0.1, 0.15) is 0 Å². The van der Waals surface area contributed by atoms with Crippen LogP contribution in [0.5, 0.6) is 0 Å². The smallest absolute Gasteiger partial charge is 0.0227 e. The van der Waals surface area contributed by atoms with Gasteiger partial charge in [0, 0.05) is 38.3 Å². The maximum Gasteiger partial charge on any atom is 0.0227 e. The van der Waals surface area contributed by atoms with E-state index in [9.17, 15) is 0 Å². The van der Waals surface area contributed by atoms with Gasteiger partial charge in [-0.25, -0.2) is 0 Å². The number of hydrogen-bond donors (Lipinski definition) is 1. The van der Waals surface area contributed by atoms with Gasteiger partial charge in [-0.1, -0.05) is 13.8 Å². The Morgan fingerprint density at radius 2 is 2.12 bits per heavy atom. The Morgan fingerprint density at radius 1 is 1.25 bits per heavy atom. The summed E-state index contributed by atoms with van der Waals surface area (Å²) in [5.74, 6) is 0. The molecule has 0 aliphatic carbocycles. The number of piperazine rings is 1. The van der Waals surface area contributed by atoms with E-state index in [0.717, 1.165) is 12.1 Å². The Bertz CT molecular complexity index is 207. The Balaban J connectivity index is 1.93. The molecular weight excluding hydrogens is 198 g/mol. The number of nitrogens with zero attached hydrogens (tertiary/aromatic N) is 2. The molecule has 2 unspecified atom stereocenters. The van der Waals surface area contributed by atoms with E-state index in [1.54, 1.807) is 0 Å². The van der Waals surface area contributed by atoms with Crippen molar-refractivity contribution in [3.8, 4) is 0 Å². The highest BCUT2D eigenvalue weighted by molar-refractivity contribution is 4.88. The van der Waals surface area contributed by atoms with E-state index in [1.807, 2.05) is 0 Å². The van der Waals surface area contributed by atoms with Crippen molar-refractivity contribution < 1.29 is 0 Å². The van der Waals surface area contributed by atoms with E-state index in [-0.39, 0.29) is 0 Å². The molecule has 0 amide bonds. The number of rotatable bonds is 3. The summed E-state index contributed by atoms with van der Waals surface area (Å²) in [5.41, 5.74) is 0. The lowest BCUT2D eigenvalue weighted by Crippen LogP contribution is -2.58. The van der Waals surface area contributed by atoms with Gasteiger partial charge >= 0.3 is 0 Å². The van der Waals surface area contributed by atoms with E-state index < -0.39 is 0 Å². The molecule has 0 spiro atoms. The molecule has 2 atom stereocenters. The third-order valence-electron chi connectivity index (χ3n) is 4.26. The van der Waals surface area contributed by atoms with Crippen LogP contribution < -0.4 is 5.32 Å². The van der Waals surface area contributed by atoms with Crippen LogP contribution >= 0.6 is 0 Å². The first-order chi connectivity index (χ1) is 7.85. The summed E-state index contributed by atoms with van der Waals surface area (Å²) in [7, 11) is 0. The summed E-state index contributed by atoms with van der Waals surface area (Å²) in [6, 6.07) is 1.59. The molecule has 2 saturated heterocycles. The molecule has 2 rings (SSSR count). The van der Waals surface area contributed by atoms with Crippen LogP contribution in [0.25, 0.3) is 0 Å². The highest BCUT2D eigenvalue weighted by Gasteiger charge is 2.30. The fourth-order valence-electron chi connectivity index (χ4n) is 3.23. The van der Waals surface area contributed by atoms with E-state index in [2.05, 4.69) is 29.0 Å². The fraction of sp³-hybridized carbons (Fsp3) is 1.00. The first kappa shape index (κ1) is 12.3. The summed E-state index contributed by atoms with van der Waals surface area (Å²) >= 11 is 0. The van der Waals surface area contributed by atoms with Crippen molar-refractivity contribution in [2.45, 2.75) is 45.2 Å². The number of piperidine rings is 1. The SMILES string of the molecule is CCC1CNCCN1C1CCCN(CC)C1. The van der Waals surface area contributed by atoms with Gasteiger partial charge in [-0.2, -0.15) is 0 Å². The number of likely N-dealkylation sites (tertiary alicyclic amines) is 1. The molecule has 0 bridgehead atoms. The molecule has 2 aliphatic rings. The normalized spacial score (nSPS) is 34.1. The van der Waals surface area contributed by atoms with Gasteiger partial charge in [-0.3, -0.25) is 4.90 Å². The second kappa shape index (κ2) is 5.99. The zero-order chi connectivity index (χ0) is 11.4. The lowest BCUT2D eigenvalue weighted by Gasteiger charge is -2.45. The molecule has 3 heteroatoms. The summed E-state index contributed by atoms with van der Waals surface area (Å²) in [6.45, 7) is 12.1. The van der Waals surface area contributed by atoms with Gasteiger partial charge in [-0.05, 0) is 32.4 Å². The maximum atomic E-state index is 3.52. The predicted molar refractivity (Wildman–Crippen MR) is 68.8 cm³/mol. The van der Waals surface area contributed by atoms with Gasteiger partial charge in [0.15, 0.2) is 0 Å². The highest BCUT2D eigenvalue weighted by atomic mass is 15.3. The summed E-state index contributed by atoms with van der Waals surface area (Å²) < 4.78 is 0. The van der Waals surface area contributed by atoms with Crippen molar-refractivity contribution in [3.05, 3.63) is 0 Å². The average molecular weight is 225 g/mol. The summed E-state index contributed by atoms with van der Waals surface area (Å²) in [5, 5.41) is 3.52. The molecule has 16 heavy (non-hydrogen) atoms. The van der Waals surface area contributed by atoms with E-state index in [4.69, 9.17) is 0 Å². The molecule has 0 aromatic rings. The van der Waals surface area contributed by atoms with E-state index >= 15 is 0 Å². The number of likely N-dealkylation sites (N-methyl/N-ethyl adjacent to an activating group) is 1. The monoisotopic (exact) mass is 225 g/mol. The molecule has 0 aromatic heterocycles. The topological polar surface area (TPSA) is 18.5 Å². The van der Waals surface area contributed by atoms with Crippen LogP contribution in [-0.2, 0) is 0 Å². The van der Waals surface area contributed by atoms with Gasteiger partial charge in [0.05, 0.1) is 0 Å². The molecule has 1 N–H and O–H groups in total. The second-order valence-electron chi connectivity index (χ2n) is 5.19. The Hall–Kier alpha value is -0.120. The minimum absolute atomic E-state index is 0.774. The zero-order valence-corrected chi connectivity index (χ0v) is 10.9. The molecule has 0 aromatic carbocycles. The van der Waals surface area contributed by atoms with Crippen molar-refractivity contribution in [2.24, 2.45) is 0 Å². The second-order valence-corrected chi connectivity index (χ2v) is 5.19. The van der Waals surface area contributed by atoms with Crippen LogP contribution in [0, 0.1) is 0 Å². The van der Waals surface area contributed by atoms with Gasteiger partial charge in [0.2, 0.25) is 0 Å². The first-order valence-corrected chi connectivity index (χ1v) is 7.04. The quantitative estimate of drug-likeness (QED) is 0.777. The van der Waals surface area contributed by atoms with Crippen LogP contribution in [0.15, 0.2) is 0 Å². The molecule has 2 heterocycles. The van der Waals surface area contributed by atoms with Gasteiger partial charge in [0.25, 0.3) is 0 Å². The van der Waals surface area contributed by atoms with Crippen molar-refractivity contribution in [1.82, 2.24) is 15.1 Å². The third kappa shape index (κ3) is 2.76. The van der Waals surface area contributed by atoms with Crippen molar-refractivity contribution in [1.29, 1.82) is 0 Å². The van der Waals surface area contributed by atoms with E-state index in [0.29, 0.717) is 0 Å². The number of hydrogen-bond acceptors (Lipinski definition) is 3. The molecule has 0 radical (unpaired) electrons. The molecule has 3 nitrogen and oxygen atoms in total. The van der Waals surface area contributed by atoms with Crippen molar-refractivity contribution in [2.75, 3.05) is 39.3 Å². The number of nitrogens with one attached hydrogen (secondary N) is 1. The maximum absolute atomic E-state index is 3.52. The minimum Gasteiger partial charge on any atom is -0.314 e. The van der Waals surface area contributed by atoms with Gasteiger partial charge < -0.3 is 10.2 Å². The predicted octanol–water partition coefficient (Wildman–Crippen LogP) is 1.15. The fourth-order valence-corrected chi connectivity index (χ4v) is 3.23. The Kier molecular flexibility index (Phi) is 4.62. The van der Waals surface area contributed by atoms with Crippen LogP contribution in [0.2, 0.25) is 0 Å². The van der Waals surface area contributed by atoms with E-state index in [1.165, 1.54) is 58.5 Å². The molecule has 2 fully saturated rings. The third-order valence-corrected chi connectivity index (χ3v) is 4.26. The van der Waals surface area contributed by atoms with Gasteiger partial charge in [-0.15, -0.1) is 0 Å². The van der Waals surface area contributed by atoms with Crippen molar-refractivity contribution >= 4 is 0 Å². The highest BCUT2D eigenvalue weighted by Crippen LogP contribution is 2.20. The van der Waals surface area contributed by atoms with Crippen LogP contribution in [0.3, 0.4) is 0 Å². The molecule has 2 aliphatic heterocycles. The largest absolute Gasteiger partial charge is 0.314 e.